The van der Waals surface area contributed by atoms with Crippen LogP contribution in [0.3, 0.4) is 0 Å². The third-order valence-electron chi connectivity index (χ3n) is 4.19. The van der Waals surface area contributed by atoms with Crippen molar-refractivity contribution in [1.82, 2.24) is 0 Å². The minimum Gasteiger partial charge on any atom is -0.372 e. The van der Waals surface area contributed by atoms with Gasteiger partial charge in [-0.2, -0.15) is 0 Å². The first-order valence-electron chi connectivity index (χ1n) is 7.41. The number of anilines is 2. The lowest BCUT2D eigenvalue weighted by Gasteiger charge is -2.28. The molecule has 108 valence electrons. The van der Waals surface area contributed by atoms with Gasteiger partial charge >= 0.3 is 0 Å². The standard InChI is InChI=1S/C18H26N2/c1-13(2)19(5)17-11-7-10-16-15(17)9-8-12-18(16)20(6)14(3)4/h7-14H,1-6H3. The van der Waals surface area contributed by atoms with Gasteiger partial charge in [0.2, 0.25) is 0 Å². The Balaban J connectivity index is 2.63. The highest BCUT2D eigenvalue weighted by atomic mass is 15.1. The minimum atomic E-state index is 0.493. The molecule has 2 aromatic carbocycles. The first-order chi connectivity index (χ1) is 9.43. The van der Waals surface area contributed by atoms with Crippen molar-refractivity contribution in [2.45, 2.75) is 39.8 Å². The molecule has 0 N–H and O–H groups in total. The summed E-state index contributed by atoms with van der Waals surface area (Å²) in [6, 6.07) is 14.2. The predicted molar refractivity (Wildman–Crippen MR) is 91.0 cm³/mol. The second-order valence-electron chi connectivity index (χ2n) is 6.06. The molecule has 20 heavy (non-hydrogen) atoms. The molecule has 0 saturated carbocycles. The Kier molecular flexibility index (Phi) is 4.22. The molecule has 0 amide bonds. The maximum Gasteiger partial charge on any atom is 0.0446 e. The van der Waals surface area contributed by atoms with Crippen LogP contribution in [0.15, 0.2) is 36.4 Å². The van der Waals surface area contributed by atoms with Gasteiger partial charge in [0.25, 0.3) is 0 Å². The summed E-state index contributed by atoms with van der Waals surface area (Å²) < 4.78 is 0. The average Bonchev–Trinajstić information content (AvgIpc) is 2.44. The third kappa shape index (κ3) is 2.60. The quantitative estimate of drug-likeness (QED) is 0.805. The van der Waals surface area contributed by atoms with Gasteiger partial charge < -0.3 is 9.80 Å². The number of hydrogen-bond acceptors (Lipinski definition) is 2. The lowest BCUT2D eigenvalue weighted by Crippen LogP contribution is -2.27. The Hall–Kier alpha value is -1.70. The van der Waals surface area contributed by atoms with E-state index in [1.807, 2.05) is 0 Å². The summed E-state index contributed by atoms with van der Waals surface area (Å²) in [6.45, 7) is 8.90. The molecular weight excluding hydrogens is 244 g/mol. The zero-order chi connectivity index (χ0) is 14.9. The molecule has 0 atom stereocenters. The Morgan fingerprint density at radius 3 is 1.30 bits per heavy atom. The van der Waals surface area contributed by atoms with Crippen LogP contribution < -0.4 is 9.80 Å². The van der Waals surface area contributed by atoms with Gasteiger partial charge in [-0.15, -0.1) is 0 Å². The lowest BCUT2D eigenvalue weighted by molar-refractivity contribution is 0.755. The summed E-state index contributed by atoms with van der Waals surface area (Å²) in [5, 5.41) is 2.66. The maximum absolute atomic E-state index is 2.33. The zero-order valence-corrected chi connectivity index (χ0v) is 13.5. The maximum atomic E-state index is 2.33. The van der Waals surface area contributed by atoms with Gasteiger partial charge in [-0.3, -0.25) is 0 Å². The molecule has 0 aliphatic heterocycles. The minimum absolute atomic E-state index is 0.493. The van der Waals surface area contributed by atoms with Crippen molar-refractivity contribution in [2.75, 3.05) is 23.9 Å². The molecule has 0 heterocycles. The van der Waals surface area contributed by atoms with Crippen molar-refractivity contribution in [3.63, 3.8) is 0 Å². The Morgan fingerprint density at radius 2 is 1.00 bits per heavy atom. The van der Waals surface area contributed by atoms with E-state index in [0.29, 0.717) is 12.1 Å². The average molecular weight is 270 g/mol. The third-order valence-corrected chi connectivity index (χ3v) is 4.19. The van der Waals surface area contributed by atoms with Crippen molar-refractivity contribution in [3.8, 4) is 0 Å². The molecule has 2 nitrogen and oxygen atoms in total. The summed E-state index contributed by atoms with van der Waals surface area (Å²) in [7, 11) is 4.33. The van der Waals surface area contributed by atoms with E-state index in [1.54, 1.807) is 0 Å². The number of benzene rings is 2. The van der Waals surface area contributed by atoms with Crippen LogP contribution in [0.25, 0.3) is 10.8 Å². The predicted octanol–water partition coefficient (Wildman–Crippen LogP) is 4.53. The topological polar surface area (TPSA) is 6.48 Å². The number of nitrogens with zero attached hydrogens (tertiary/aromatic N) is 2. The fraction of sp³-hybridized carbons (Fsp3) is 0.444. The molecule has 0 aromatic heterocycles. The van der Waals surface area contributed by atoms with Crippen LogP contribution in [0.1, 0.15) is 27.7 Å². The van der Waals surface area contributed by atoms with E-state index in [0.717, 1.165) is 0 Å². The molecule has 0 fully saturated rings. The number of rotatable bonds is 4. The van der Waals surface area contributed by atoms with Gasteiger partial charge in [0.1, 0.15) is 0 Å². The van der Waals surface area contributed by atoms with E-state index >= 15 is 0 Å². The lowest BCUT2D eigenvalue weighted by atomic mass is 10.0. The van der Waals surface area contributed by atoms with E-state index < -0.39 is 0 Å². The second kappa shape index (κ2) is 5.74. The van der Waals surface area contributed by atoms with Gasteiger partial charge in [0.15, 0.2) is 0 Å². The van der Waals surface area contributed by atoms with Gasteiger partial charge in [0.05, 0.1) is 0 Å². The Morgan fingerprint density at radius 1 is 0.650 bits per heavy atom. The largest absolute Gasteiger partial charge is 0.372 e. The molecule has 0 radical (unpaired) electrons. The van der Waals surface area contributed by atoms with Crippen LogP contribution in [-0.2, 0) is 0 Å². The van der Waals surface area contributed by atoms with Crippen LogP contribution >= 0.6 is 0 Å². The van der Waals surface area contributed by atoms with E-state index in [2.05, 4.69) is 88.0 Å². The number of hydrogen-bond donors (Lipinski definition) is 0. The van der Waals surface area contributed by atoms with Crippen LogP contribution in [0.5, 0.6) is 0 Å². The highest BCUT2D eigenvalue weighted by Crippen LogP contribution is 2.33. The van der Waals surface area contributed by atoms with Crippen LogP contribution in [0.4, 0.5) is 11.4 Å². The summed E-state index contributed by atoms with van der Waals surface area (Å²) in [5.41, 5.74) is 2.60. The normalized spacial score (nSPS) is 11.4. The van der Waals surface area contributed by atoms with Crippen molar-refractivity contribution in [3.05, 3.63) is 36.4 Å². The van der Waals surface area contributed by atoms with E-state index in [9.17, 15) is 0 Å². The molecular formula is C18H26N2. The van der Waals surface area contributed by atoms with Gasteiger partial charge in [0, 0.05) is 48.3 Å². The smallest absolute Gasteiger partial charge is 0.0446 e. The number of fused-ring (bicyclic) bond motifs is 1. The molecule has 0 aliphatic rings. The zero-order valence-electron chi connectivity index (χ0n) is 13.5. The Labute approximate surface area is 123 Å². The molecule has 0 saturated heterocycles. The highest BCUT2D eigenvalue weighted by Gasteiger charge is 2.13. The monoisotopic (exact) mass is 270 g/mol. The highest BCUT2D eigenvalue weighted by molar-refractivity contribution is 6.02. The van der Waals surface area contributed by atoms with E-state index in [1.165, 1.54) is 22.1 Å². The van der Waals surface area contributed by atoms with Crippen LogP contribution in [0.2, 0.25) is 0 Å². The second-order valence-corrected chi connectivity index (χ2v) is 6.06. The van der Waals surface area contributed by atoms with Crippen LogP contribution in [-0.4, -0.2) is 26.2 Å². The van der Waals surface area contributed by atoms with Crippen molar-refractivity contribution >= 4 is 22.1 Å². The Bertz CT molecular complexity index is 534. The van der Waals surface area contributed by atoms with Crippen molar-refractivity contribution < 1.29 is 0 Å². The van der Waals surface area contributed by atoms with Crippen molar-refractivity contribution in [2.24, 2.45) is 0 Å². The molecule has 0 aliphatic carbocycles. The van der Waals surface area contributed by atoms with Gasteiger partial charge in [-0.25, -0.2) is 0 Å². The van der Waals surface area contributed by atoms with E-state index in [4.69, 9.17) is 0 Å². The molecule has 0 spiro atoms. The molecule has 2 heteroatoms. The summed E-state index contributed by atoms with van der Waals surface area (Å²) in [6.07, 6.45) is 0. The molecule has 0 bridgehead atoms. The van der Waals surface area contributed by atoms with Gasteiger partial charge in [-0.1, -0.05) is 24.3 Å². The molecule has 2 rings (SSSR count). The fourth-order valence-electron chi connectivity index (χ4n) is 2.45. The fourth-order valence-corrected chi connectivity index (χ4v) is 2.45. The molecule has 2 aromatic rings. The van der Waals surface area contributed by atoms with Crippen LogP contribution in [0, 0.1) is 0 Å². The summed E-state index contributed by atoms with van der Waals surface area (Å²) in [4.78, 5) is 4.67. The first kappa shape index (κ1) is 14.7. The van der Waals surface area contributed by atoms with Gasteiger partial charge in [-0.05, 0) is 39.8 Å². The SMILES string of the molecule is CC(C)N(C)c1cccc2c(N(C)C(C)C)cccc12. The van der Waals surface area contributed by atoms with E-state index in [-0.39, 0.29) is 0 Å². The molecule has 0 unspecified atom stereocenters. The summed E-state index contributed by atoms with van der Waals surface area (Å²) >= 11 is 0. The summed E-state index contributed by atoms with van der Waals surface area (Å²) in [5.74, 6) is 0. The van der Waals surface area contributed by atoms with Crippen molar-refractivity contribution in [1.29, 1.82) is 0 Å². The first-order valence-corrected chi connectivity index (χ1v) is 7.41.